The summed E-state index contributed by atoms with van der Waals surface area (Å²) in [5, 5.41) is 5.79. The summed E-state index contributed by atoms with van der Waals surface area (Å²) < 4.78 is 10.5. The van der Waals surface area contributed by atoms with E-state index in [4.69, 9.17) is 9.47 Å². The van der Waals surface area contributed by atoms with Crippen LogP contribution >= 0.6 is 0 Å². The highest BCUT2D eigenvalue weighted by atomic mass is 16.5. The minimum absolute atomic E-state index is 0.134. The minimum Gasteiger partial charge on any atom is -0.494 e. The number of carbonyl (C=O) groups excluding carboxylic acids is 3. The molecule has 2 N–H and O–H groups in total. The summed E-state index contributed by atoms with van der Waals surface area (Å²) in [4.78, 5) is 37.8. The predicted octanol–water partition coefficient (Wildman–Crippen LogP) is 0.886. The fourth-order valence-corrected chi connectivity index (χ4v) is 3.21. The maximum atomic E-state index is 12.4. The highest BCUT2D eigenvalue weighted by molar-refractivity contribution is 5.89. The Hall–Kier alpha value is -2.61. The fourth-order valence-electron chi connectivity index (χ4n) is 3.21. The van der Waals surface area contributed by atoms with E-state index in [-0.39, 0.29) is 24.8 Å². The van der Waals surface area contributed by atoms with E-state index in [2.05, 4.69) is 17.6 Å². The summed E-state index contributed by atoms with van der Waals surface area (Å²) in [6, 6.07) is 7.20. The molecule has 2 atom stereocenters. The number of benzene rings is 1. The van der Waals surface area contributed by atoms with Crippen molar-refractivity contribution in [2.24, 2.45) is 0 Å². The van der Waals surface area contributed by atoms with Gasteiger partial charge < -0.3 is 25.0 Å². The smallest absolute Gasteiger partial charge is 0.328 e. The number of methoxy groups -OCH3 is 1. The molecule has 29 heavy (non-hydrogen) atoms. The number of amides is 2. The number of hydrogen-bond donors (Lipinski definition) is 2. The van der Waals surface area contributed by atoms with E-state index < -0.39 is 12.0 Å². The van der Waals surface area contributed by atoms with E-state index in [0.29, 0.717) is 31.4 Å². The topological polar surface area (TPSA) is 97.0 Å². The summed E-state index contributed by atoms with van der Waals surface area (Å²) >= 11 is 0. The Morgan fingerprint density at radius 2 is 2.10 bits per heavy atom. The average molecular weight is 405 g/mol. The molecule has 0 spiro atoms. The molecule has 1 aromatic carbocycles. The van der Waals surface area contributed by atoms with Crippen molar-refractivity contribution in [3.05, 3.63) is 29.8 Å². The van der Waals surface area contributed by atoms with E-state index in [1.54, 1.807) is 0 Å². The first kappa shape index (κ1) is 22.7. The second-order valence-corrected chi connectivity index (χ2v) is 7.20. The Balaban J connectivity index is 1.79. The highest BCUT2D eigenvalue weighted by Gasteiger charge is 2.34. The number of ether oxygens (including phenoxy) is 2. The lowest BCUT2D eigenvalue weighted by Gasteiger charge is -2.22. The number of esters is 1. The molecule has 0 aromatic heterocycles. The molecule has 8 nitrogen and oxygen atoms in total. The summed E-state index contributed by atoms with van der Waals surface area (Å²) in [6.07, 6.45) is 2.37. The molecule has 0 saturated carbocycles. The molecule has 1 aromatic rings. The van der Waals surface area contributed by atoms with Crippen molar-refractivity contribution >= 4 is 17.8 Å². The Kier molecular flexibility index (Phi) is 8.92. The van der Waals surface area contributed by atoms with Crippen LogP contribution in [0.3, 0.4) is 0 Å². The van der Waals surface area contributed by atoms with Gasteiger partial charge in [0.1, 0.15) is 11.8 Å². The van der Waals surface area contributed by atoms with E-state index in [1.807, 2.05) is 31.3 Å². The number of hydrogen-bond acceptors (Lipinski definition) is 6. The van der Waals surface area contributed by atoms with Gasteiger partial charge in [-0.05, 0) is 50.9 Å². The van der Waals surface area contributed by atoms with Gasteiger partial charge in [-0.15, -0.1) is 0 Å². The Bertz CT molecular complexity index is 709. The Labute approximate surface area is 171 Å². The zero-order chi connectivity index (χ0) is 21.2. The van der Waals surface area contributed by atoms with Gasteiger partial charge in [-0.1, -0.05) is 12.1 Å². The molecular weight excluding hydrogens is 374 g/mol. The van der Waals surface area contributed by atoms with Gasteiger partial charge in [0, 0.05) is 12.6 Å². The molecule has 1 fully saturated rings. The lowest BCUT2D eigenvalue weighted by molar-refractivity contribution is -0.150. The van der Waals surface area contributed by atoms with Gasteiger partial charge in [0.2, 0.25) is 11.8 Å². The fraction of sp³-hybridized carbons (Fsp3) is 0.571. The first-order valence-electron chi connectivity index (χ1n) is 9.97. The lowest BCUT2D eigenvalue weighted by Crippen LogP contribution is -2.46. The SMILES string of the molecule is CNC(C)CCOc1cccc(CC(=O)NCC(=O)N2CCCC2C(=O)OC)c1. The molecule has 1 heterocycles. The number of carbonyl (C=O) groups is 3. The standard InChI is InChI=1S/C21H31N3O5/c1-15(22-2)9-11-29-17-7-4-6-16(12-17)13-19(25)23-14-20(26)24-10-5-8-18(24)21(27)28-3/h4,6-7,12,15,18,22H,5,8-11,13-14H2,1-3H3,(H,23,25). The first-order valence-corrected chi connectivity index (χ1v) is 9.97. The maximum absolute atomic E-state index is 12.4. The van der Waals surface area contributed by atoms with Crippen molar-refractivity contribution in [1.82, 2.24) is 15.5 Å². The molecule has 1 saturated heterocycles. The normalized spacial score (nSPS) is 16.9. The van der Waals surface area contributed by atoms with Crippen molar-refractivity contribution in [1.29, 1.82) is 0 Å². The summed E-state index contributed by atoms with van der Waals surface area (Å²) in [5.41, 5.74) is 0.808. The van der Waals surface area contributed by atoms with Gasteiger partial charge in [-0.3, -0.25) is 9.59 Å². The molecule has 160 valence electrons. The lowest BCUT2D eigenvalue weighted by atomic mass is 10.1. The summed E-state index contributed by atoms with van der Waals surface area (Å²) in [5.74, 6) is -0.231. The molecule has 8 heteroatoms. The van der Waals surface area contributed by atoms with Crippen LogP contribution in [0.25, 0.3) is 0 Å². The van der Waals surface area contributed by atoms with Crippen molar-refractivity contribution in [2.45, 2.75) is 44.7 Å². The quantitative estimate of drug-likeness (QED) is 0.561. The molecule has 2 amide bonds. The number of likely N-dealkylation sites (tertiary alicyclic amines) is 1. The third kappa shape index (κ3) is 7.05. The highest BCUT2D eigenvalue weighted by Crippen LogP contribution is 2.18. The van der Waals surface area contributed by atoms with Crippen LogP contribution in [0, 0.1) is 0 Å². The zero-order valence-electron chi connectivity index (χ0n) is 17.4. The number of nitrogens with zero attached hydrogens (tertiary/aromatic N) is 1. The van der Waals surface area contributed by atoms with Crippen LogP contribution in [-0.2, 0) is 25.5 Å². The number of nitrogens with one attached hydrogen (secondary N) is 2. The largest absolute Gasteiger partial charge is 0.494 e. The minimum atomic E-state index is -0.552. The molecule has 2 rings (SSSR count). The third-order valence-corrected chi connectivity index (χ3v) is 5.06. The van der Waals surface area contributed by atoms with Crippen molar-refractivity contribution < 1.29 is 23.9 Å². The van der Waals surface area contributed by atoms with Crippen molar-refractivity contribution in [2.75, 3.05) is 33.9 Å². The monoisotopic (exact) mass is 405 g/mol. The molecule has 0 radical (unpaired) electrons. The van der Waals surface area contributed by atoms with Crippen LogP contribution in [0.5, 0.6) is 5.75 Å². The van der Waals surface area contributed by atoms with Crippen LogP contribution in [0.1, 0.15) is 31.7 Å². The van der Waals surface area contributed by atoms with Gasteiger partial charge in [0.15, 0.2) is 0 Å². The van der Waals surface area contributed by atoms with E-state index in [0.717, 1.165) is 18.4 Å². The van der Waals surface area contributed by atoms with Gasteiger partial charge in [-0.25, -0.2) is 4.79 Å². The van der Waals surface area contributed by atoms with Crippen LogP contribution in [-0.4, -0.2) is 68.6 Å². The van der Waals surface area contributed by atoms with E-state index in [1.165, 1.54) is 12.0 Å². The van der Waals surface area contributed by atoms with E-state index in [9.17, 15) is 14.4 Å². The second kappa shape index (κ2) is 11.4. The molecule has 0 bridgehead atoms. The Morgan fingerprint density at radius 3 is 2.83 bits per heavy atom. The van der Waals surface area contributed by atoms with Crippen molar-refractivity contribution in [3.8, 4) is 5.75 Å². The summed E-state index contributed by atoms with van der Waals surface area (Å²) in [7, 11) is 3.22. The van der Waals surface area contributed by atoms with Gasteiger partial charge >= 0.3 is 5.97 Å². The van der Waals surface area contributed by atoms with Crippen LogP contribution < -0.4 is 15.4 Å². The maximum Gasteiger partial charge on any atom is 0.328 e. The van der Waals surface area contributed by atoms with Crippen molar-refractivity contribution in [3.63, 3.8) is 0 Å². The van der Waals surface area contributed by atoms with Crippen LogP contribution in [0.15, 0.2) is 24.3 Å². The second-order valence-electron chi connectivity index (χ2n) is 7.20. The van der Waals surface area contributed by atoms with Crippen LogP contribution in [0.4, 0.5) is 0 Å². The summed E-state index contributed by atoms with van der Waals surface area (Å²) in [6.45, 7) is 3.04. The van der Waals surface area contributed by atoms with Gasteiger partial charge in [-0.2, -0.15) is 0 Å². The zero-order valence-corrected chi connectivity index (χ0v) is 17.4. The van der Waals surface area contributed by atoms with Gasteiger partial charge in [0.25, 0.3) is 0 Å². The molecule has 2 unspecified atom stereocenters. The average Bonchev–Trinajstić information content (AvgIpc) is 3.21. The third-order valence-electron chi connectivity index (χ3n) is 5.06. The van der Waals surface area contributed by atoms with Gasteiger partial charge in [0.05, 0.1) is 26.7 Å². The molecule has 1 aliphatic rings. The first-order chi connectivity index (χ1) is 13.9. The molecular formula is C21H31N3O5. The van der Waals surface area contributed by atoms with Crippen LogP contribution in [0.2, 0.25) is 0 Å². The Morgan fingerprint density at radius 1 is 1.31 bits per heavy atom. The van der Waals surface area contributed by atoms with E-state index >= 15 is 0 Å². The molecule has 0 aliphatic carbocycles. The molecule has 1 aliphatic heterocycles. The number of rotatable bonds is 10. The predicted molar refractivity (Wildman–Crippen MR) is 109 cm³/mol.